The van der Waals surface area contributed by atoms with Gasteiger partial charge in [0.1, 0.15) is 0 Å². The van der Waals surface area contributed by atoms with Crippen LogP contribution in [-0.4, -0.2) is 11.1 Å². The third-order valence-corrected chi connectivity index (χ3v) is 5.54. The zero-order valence-electron chi connectivity index (χ0n) is 19.7. The maximum absolute atomic E-state index is 11.5. The summed E-state index contributed by atoms with van der Waals surface area (Å²) >= 11 is 0. The molecule has 0 aliphatic rings. The second-order valence-electron chi connectivity index (χ2n) is 9.54. The molecule has 0 heterocycles. The highest BCUT2D eigenvalue weighted by atomic mass is 16.4. The molecule has 0 amide bonds. The first-order valence-electron chi connectivity index (χ1n) is 11.5. The Morgan fingerprint density at radius 1 is 0.719 bits per heavy atom. The zero-order valence-corrected chi connectivity index (χ0v) is 19.7. The van der Waals surface area contributed by atoms with Crippen molar-refractivity contribution in [2.75, 3.05) is 4.90 Å². The number of carboxylic acid groups (broad SMARTS) is 1. The van der Waals surface area contributed by atoms with Crippen molar-refractivity contribution in [3.05, 3.63) is 101 Å². The van der Waals surface area contributed by atoms with Crippen LogP contribution in [0.2, 0.25) is 0 Å². The summed E-state index contributed by atoms with van der Waals surface area (Å²) in [5.74, 6) is 0.368. The predicted octanol–water partition coefficient (Wildman–Crippen LogP) is 6.99. The number of benzene rings is 3. The lowest BCUT2D eigenvalue weighted by molar-refractivity contribution is 0.0697. The zero-order chi connectivity index (χ0) is 23.1. The van der Waals surface area contributed by atoms with Gasteiger partial charge >= 0.3 is 5.97 Å². The third-order valence-electron chi connectivity index (χ3n) is 5.54. The Balaban J connectivity index is 1.84. The second-order valence-corrected chi connectivity index (χ2v) is 9.54. The van der Waals surface area contributed by atoms with Gasteiger partial charge in [0.25, 0.3) is 0 Å². The predicted molar refractivity (Wildman–Crippen MR) is 133 cm³/mol. The highest BCUT2D eigenvalue weighted by Crippen LogP contribution is 2.23. The first-order chi connectivity index (χ1) is 15.3. The molecule has 0 aromatic heterocycles. The molecule has 0 fully saturated rings. The van der Waals surface area contributed by atoms with E-state index < -0.39 is 5.97 Å². The lowest BCUT2D eigenvalue weighted by Crippen LogP contribution is -2.22. The smallest absolute Gasteiger partial charge is 0.335 e. The van der Waals surface area contributed by atoms with Gasteiger partial charge in [-0.1, -0.05) is 82.3 Å². The first-order valence-corrected chi connectivity index (χ1v) is 11.5. The molecule has 0 spiro atoms. The maximum Gasteiger partial charge on any atom is 0.335 e. The van der Waals surface area contributed by atoms with E-state index in [9.17, 15) is 9.90 Å². The summed E-state index contributed by atoms with van der Waals surface area (Å²) < 4.78 is 0. The van der Waals surface area contributed by atoms with Gasteiger partial charge < -0.3 is 10.0 Å². The minimum Gasteiger partial charge on any atom is -0.478 e. The van der Waals surface area contributed by atoms with Crippen molar-refractivity contribution in [1.82, 2.24) is 0 Å². The molecule has 0 bridgehead atoms. The summed E-state index contributed by atoms with van der Waals surface area (Å²) in [6.45, 7) is 10.4. The quantitative estimate of drug-likeness (QED) is 0.378. The number of anilines is 1. The van der Waals surface area contributed by atoms with E-state index in [0.29, 0.717) is 17.4 Å². The Bertz CT molecular complexity index is 949. The molecule has 0 saturated heterocycles. The van der Waals surface area contributed by atoms with Crippen molar-refractivity contribution in [3.63, 3.8) is 0 Å². The van der Waals surface area contributed by atoms with Crippen molar-refractivity contribution in [2.24, 2.45) is 11.8 Å². The highest BCUT2D eigenvalue weighted by molar-refractivity contribution is 5.88. The molecular formula is C29H35NO2. The summed E-state index contributed by atoms with van der Waals surface area (Å²) in [6.07, 6.45) is 2.15. The summed E-state index contributed by atoms with van der Waals surface area (Å²) in [4.78, 5) is 13.8. The SMILES string of the molecule is CC(C)Cc1ccc(CN(Cc2ccc(CC(C)C)cc2)c2cccc(C(=O)O)c2)cc1. The van der Waals surface area contributed by atoms with Crippen LogP contribution in [0.5, 0.6) is 0 Å². The molecule has 32 heavy (non-hydrogen) atoms. The molecule has 0 unspecified atom stereocenters. The van der Waals surface area contributed by atoms with Crippen LogP contribution in [0.4, 0.5) is 5.69 Å². The summed E-state index contributed by atoms with van der Waals surface area (Å²) in [5.41, 5.74) is 6.37. The lowest BCUT2D eigenvalue weighted by atomic mass is 10.0. The van der Waals surface area contributed by atoms with Crippen LogP contribution in [0.15, 0.2) is 72.8 Å². The van der Waals surface area contributed by atoms with Crippen molar-refractivity contribution in [1.29, 1.82) is 0 Å². The molecule has 0 radical (unpaired) electrons. The molecule has 0 aliphatic heterocycles. The molecule has 0 atom stereocenters. The average molecular weight is 430 g/mol. The monoisotopic (exact) mass is 429 g/mol. The minimum atomic E-state index is -0.900. The van der Waals surface area contributed by atoms with Crippen LogP contribution in [0.25, 0.3) is 0 Å². The number of rotatable bonds is 10. The fourth-order valence-corrected chi connectivity index (χ4v) is 4.02. The molecule has 168 valence electrons. The summed E-state index contributed by atoms with van der Waals surface area (Å²) in [5, 5.41) is 9.46. The van der Waals surface area contributed by atoms with Gasteiger partial charge in [-0.05, 0) is 65.1 Å². The Morgan fingerprint density at radius 2 is 1.16 bits per heavy atom. The van der Waals surface area contributed by atoms with E-state index in [1.165, 1.54) is 22.3 Å². The van der Waals surface area contributed by atoms with E-state index in [2.05, 4.69) is 81.1 Å². The number of aromatic carboxylic acids is 1. The van der Waals surface area contributed by atoms with Crippen LogP contribution in [0.3, 0.4) is 0 Å². The standard InChI is InChI=1S/C29H35NO2/c1-21(2)16-23-8-12-25(13-9-23)19-30(28-7-5-6-27(18-28)29(31)32)20-26-14-10-24(11-15-26)17-22(3)4/h5-15,18,21-22H,16-17,19-20H2,1-4H3,(H,31,32). The van der Waals surface area contributed by atoms with Gasteiger partial charge in [-0.15, -0.1) is 0 Å². The van der Waals surface area contributed by atoms with Crippen molar-refractivity contribution >= 4 is 11.7 Å². The first kappa shape index (κ1) is 23.6. The molecular weight excluding hydrogens is 394 g/mol. The molecule has 3 nitrogen and oxygen atoms in total. The average Bonchev–Trinajstić information content (AvgIpc) is 2.75. The van der Waals surface area contributed by atoms with Crippen LogP contribution in [0.1, 0.15) is 60.3 Å². The van der Waals surface area contributed by atoms with E-state index >= 15 is 0 Å². The van der Waals surface area contributed by atoms with E-state index in [1.54, 1.807) is 12.1 Å². The maximum atomic E-state index is 11.5. The van der Waals surface area contributed by atoms with E-state index in [0.717, 1.165) is 31.6 Å². The Kier molecular flexibility index (Phi) is 8.10. The molecule has 3 rings (SSSR count). The molecule has 0 aliphatic carbocycles. The lowest BCUT2D eigenvalue weighted by Gasteiger charge is -2.26. The normalized spacial score (nSPS) is 11.2. The topological polar surface area (TPSA) is 40.5 Å². The van der Waals surface area contributed by atoms with Gasteiger partial charge in [0, 0.05) is 18.8 Å². The Hall–Kier alpha value is -3.07. The molecule has 1 N–H and O–H groups in total. The number of carboxylic acids is 1. The van der Waals surface area contributed by atoms with E-state index in [-0.39, 0.29) is 0 Å². The van der Waals surface area contributed by atoms with Gasteiger partial charge in [-0.3, -0.25) is 0 Å². The van der Waals surface area contributed by atoms with E-state index in [1.807, 2.05) is 12.1 Å². The van der Waals surface area contributed by atoms with Gasteiger partial charge in [0.05, 0.1) is 5.56 Å². The third kappa shape index (κ3) is 6.98. The Labute approximate surface area is 192 Å². The number of hydrogen-bond acceptors (Lipinski definition) is 2. The highest BCUT2D eigenvalue weighted by Gasteiger charge is 2.12. The summed E-state index contributed by atoms with van der Waals surface area (Å²) in [7, 11) is 0. The fraction of sp³-hybridized carbons (Fsp3) is 0.345. The molecule has 3 heteroatoms. The van der Waals surface area contributed by atoms with Crippen LogP contribution >= 0.6 is 0 Å². The molecule has 0 saturated carbocycles. The van der Waals surface area contributed by atoms with Gasteiger partial charge in [0.2, 0.25) is 0 Å². The van der Waals surface area contributed by atoms with Gasteiger partial charge in [0.15, 0.2) is 0 Å². The van der Waals surface area contributed by atoms with Crippen molar-refractivity contribution < 1.29 is 9.90 Å². The molecule has 3 aromatic carbocycles. The number of nitrogens with zero attached hydrogens (tertiary/aromatic N) is 1. The fourth-order valence-electron chi connectivity index (χ4n) is 4.02. The van der Waals surface area contributed by atoms with Crippen LogP contribution in [-0.2, 0) is 25.9 Å². The number of hydrogen-bond donors (Lipinski definition) is 1. The van der Waals surface area contributed by atoms with Crippen LogP contribution < -0.4 is 4.90 Å². The van der Waals surface area contributed by atoms with Crippen molar-refractivity contribution in [2.45, 2.75) is 53.6 Å². The largest absolute Gasteiger partial charge is 0.478 e. The number of carbonyl (C=O) groups is 1. The Morgan fingerprint density at radius 3 is 1.56 bits per heavy atom. The second kappa shape index (κ2) is 11.0. The summed E-state index contributed by atoms with van der Waals surface area (Å²) in [6, 6.07) is 24.8. The van der Waals surface area contributed by atoms with Gasteiger partial charge in [-0.25, -0.2) is 4.79 Å². The molecule has 3 aromatic rings. The van der Waals surface area contributed by atoms with Crippen LogP contribution in [0, 0.1) is 11.8 Å². The van der Waals surface area contributed by atoms with Gasteiger partial charge in [-0.2, -0.15) is 0 Å². The van der Waals surface area contributed by atoms with Crippen molar-refractivity contribution in [3.8, 4) is 0 Å². The van der Waals surface area contributed by atoms with E-state index in [4.69, 9.17) is 0 Å². The minimum absolute atomic E-state index is 0.312.